The molecule has 25 heavy (non-hydrogen) atoms. The molecule has 0 amide bonds. The number of allylic oxidation sites excluding steroid dienone is 6. The van der Waals surface area contributed by atoms with Crippen LogP contribution in [0.4, 0.5) is 0 Å². The van der Waals surface area contributed by atoms with Crippen LogP contribution in [0.25, 0.3) is 0 Å². The molecule has 0 aromatic rings. The van der Waals surface area contributed by atoms with E-state index in [4.69, 9.17) is 15.3 Å². The molecule has 0 heterocycles. The molecule has 0 aromatic carbocycles. The van der Waals surface area contributed by atoms with Gasteiger partial charge in [-0.15, -0.1) is 0 Å². The van der Waals surface area contributed by atoms with Crippen LogP contribution < -0.4 is 0 Å². The Morgan fingerprint density at radius 1 is 0.520 bits per heavy atom. The van der Waals surface area contributed by atoms with Crippen LogP contribution >= 0.6 is 47.8 Å². The molecule has 0 aromatic heterocycles. The molecule has 0 unspecified atom stereocenters. The third-order valence-electron chi connectivity index (χ3n) is 1.88. The predicted molar refractivity (Wildman–Crippen MR) is 105 cm³/mol. The quantitative estimate of drug-likeness (QED) is 0.234. The number of rotatable bonds is 3. The Morgan fingerprint density at radius 3 is 0.640 bits per heavy atom. The van der Waals surface area contributed by atoms with E-state index in [2.05, 4.69) is 47.8 Å². The van der Waals surface area contributed by atoms with Crippen LogP contribution in [0.15, 0.2) is 30.7 Å². The molecule has 0 radical (unpaired) electrons. The Balaban J connectivity index is -0.000000130. The predicted octanol–water partition coefficient (Wildman–Crippen LogP) is 5.28. The fourth-order valence-electron chi connectivity index (χ4n) is 0.764. The summed E-state index contributed by atoms with van der Waals surface area (Å²) in [5.74, 6) is -0.410. The number of aliphatic hydroxyl groups excluding tert-OH is 3. The summed E-state index contributed by atoms with van der Waals surface area (Å²) in [6.07, 6.45) is 0. The van der Waals surface area contributed by atoms with Crippen LogP contribution in [0.3, 0.4) is 0 Å². The van der Waals surface area contributed by atoms with Crippen molar-refractivity contribution in [3.8, 4) is 0 Å². The van der Waals surface area contributed by atoms with Crippen LogP contribution in [0, 0.1) is 0 Å². The van der Waals surface area contributed by atoms with Gasteiger partial charge in [0.05, 0.1) is 13.4 Å². The number of Topliss-reactive ketones (excluding diaryl/α,β-unsaturated/α-hetero) is 3. The van der Waals surface area contributed by atoms with E-state index >= 15 is 0 Å². The van der Waals surface area contributed by atoms with Crippen LogP contribution in [0.1, 0.15) is 41.5 Å². The zero-order chi connectivity index (χ0) is 20.2. The van der Waals surface area contributed by atoms with Gasteiger partial charge in [-0.1, -0.05) is 0 Å². The number of hydrogen-bond donors (Lipinski definition) is 3. The van der Waals surface area contributed by atoms with Crippen molar-refractivity contribution >= 4 is 65.1 Å². The number of ketones is 3. The van der Waals surface area contributed by atoms with E-state index in [1.54, 1.807) is 0 Å². The van der Waals surface area contributed by atoms with E-state index < -0.39 is 0 Å². The van der Waals surface area contributed by atoms with E-state index in [1.807, 2.05) is 0 Å². The minimum atomic E-state index is -0.162. The van der Waals surface area contributed by atoms with Crippen LogP contribution in [-0.2, 0) is 31.5 Å². The number of carbonyl (C=O) groups is 3. The van der Waals surface area contributed by atoms with E-state index in [0.29, 0.717) is 0 Å². The van der Waals surface area contributed by atoms with Gasteiger partial charge in [0.1, 0.15) is 17.3 Å². The van der Waals surface area contributed by atoms with Gasteiger partial charge in [0.2, 0.25) is 0 Å². The zero-order valence-electron chi connectivity index (χ0n) is 14.6. The number of aliphatic hydroxyl groups is 3. The summed E-state index contributed by atoms with van der Waals surface area (Å²) in [5, 5.41) is 25.8. The summed E-state index contributed by atoms with van der Waals surface area (Å²) >= 11 is 8.66. The molecule has 0 atom stereocenters. The summed E-state index contributed by atoms with van der Waals surface area (Å²) in [6, 6.07) is 0. The molecule has 0 aliphatic rings. The van der Waals surface area contributed by atoms with Crippen molar-refractivity contribution in [3.05, 3.63) is 30.7 Å². The standard InChI is InChI=1S/3C5H7BrO2.Fe/c3*1-3(7)5(6)4(2)8;/h3*7H,1-2H3;. The van der Waals surface area contributed by atoms with Gasteiger partial charge in [0.15, 0.2) is 17.3 Å². The maximum atomic E-state index is 10.3. The second kappa shape index (κ2) is 17.0. The third-order valence-corrected chi connectivity index (χ3v) is 5.28. The number of halogens is 3. The molecule has 3 N–H and O–H groups in total. The minimum absolute atomic E-state index is 0. The van der Waals surface area contributed by atoms with Crippen molar-refractivity contribution in [1.29, 1.82) is 0 Å². The van der Waals surface area contributed by atoms with Crippen LogP contribution in [0.2, 0.25) is 0 Å². The largest absolute Gasteiger partial charge is 0.511 e. The molecule has 0 fully saturated rings. The van der Waals surface area contributed by atoms with Gasteiger partial charge in [-0.05, 0) is 89.3 Å². The normalized spacial score (nSPS) is 12.4. The Morgan fingerprint density at radius 2 is 0.640 bits per heavy atom. The second-order valence-electron chi connectivity index (χ2n) is 4.37. The molecular weight excluding hydrogens is 572 g/mol. The maximum Gasteiger partial charge on any atom is 0.170 e. The van der Waals surface area contributed by atoms with Gasteiger partial charge in [-0.25, -0.2) is 0 Å². The first-order chi connectivity index (χ1) is 10.7. The minimum Gasteiger partial charge on any atom is -0.511 e. The third kappa shape index (κ3) is 19.8. The molecule has 10 heteroatoms. The van der Waals surface area contributed by atoms with Gasteiger partial charge in [-0.3, -0.25) is 14.4 Å². The first-order valence-corrected chi connectivity index (χ1v) is 8.73. The fraction of sp³-hybridized carbons (Fsp3) is 0.400. The van der Waals surface area contributed by atoms with Crippen molar-refractivity contribution in [1.82, 2.24) is 0 Å². The Labute approximate surface area is 183 Å². The van der Waals surface area contributed by atoms with Crippen LogP contribution in [0.5, 0.6) is 0 Å². The van der Waals surface area contributed by atoms with Gasteiger partial charge in [0.25, 0.3) is 0 Å². The van der Waals surface area contributed by atoms with Crippen LogP contribution in [-0.4, -0.2) is 32.7 Å². The Hall–Kier alpha value is -0.411. The average molecular weight is 593 g/mol. The Kier molecular flexibility index (Phi) is 22.0. The summed E-state index contributed by atoms with van der Waals surface area (Å²) in [4.78, 5) is 31.0. The molecule has 0 aliphatic heterocycles. The van der Waals surface area contributed by atoms with Crippen molar-refractivity contribution in [2.45, 2.75) is 41.5 Å². The van der Waals surface area contributed by atoms with E-state index in [1.165, 1.54) is 41.5 Å². The summed E-state index contributed by atoms with van der Waals surface area (Å²) in [5.41, 5.74) is 0. The molecule has 0 bridgehead atoms. The van der Waals surface area contributed by atoms with Gasteiger partial charge in [-0.2, -0.15) is 0 Å². The molecule has 0 saturated carbocycles. The topological polar surface area (TPSA) is 112 Å². The molecule has 146 valence electrons. The van der Waals surface area contributed by atoms with Crippen molar-refractivity contribution < 1.29 is 46.8 Å². The van der Waals surface area contributed by atoms with Crippen molar-refractivity contribution in [2.75, 3.05) is 0 Å². The van der Waals surface area contributed by atoms with Crippen molar-refractivity contribution in [3.63, 3.8) is 0 Å². The summed E-state index contributed by atoms with van der Waals surface area (Å²) in [7, 11) is 0. The number of hydrogen-bond acceptors (Lipinski definition) is 6. The van der Waals surface area contributed by atoms with E-state index in [0.717, 1.165) is 0 Å². The monoisotopic (exact) mass is 590 g/mol. The molecule has 0 rings (SSSR count). The summed E-state index contributed by atoms with van der Waals surface area (Å²) < 4.78 is 0.743. The Bertz CT molecular complexity index is 487. The maximum absolute atomic E-state index is 10.3. The summed E-state index contributed by atoms with van der Waals surface area (Å²) in [6.45, 7) is 8.49. The first kappa shape index (κ1) is 32.3. The smallest absolute Gasteiger partial charge is 0.170 e. The molecule has 0 saturated heterocycles. The van der Waals surface area contributed by atoms with E-state index in [-0.39, 0.29) is 65.1 Å². The molecule has 0 aliphatic carbocycles. The fourth-order valence-corrected chi connectivity index (χ4v) is 0.764. The molecule has 6 nitrogen and oxygen atoms in total. The van der Waals surface area contributed by atoms with Gasteiger partial charge in [0, 0.05) is 17.1 Å². The van der Waals surface area contributed by atoms with Gasteiger partial charge < -0.3 is 15.3 Å². The molecule has 0 spiro atoms. The van der Waals surface area contributed by atoms with Crippen molar-refractivity contribution in [2.24, 2.45) is 0 Å². The second-order valence-corrected chi connectivity index (χ2v) is 6.75. The van der Waals surface area contributed by atoms with E-state index in [9.17, 15) is 14.4 Å². The average Bonchev–Trinajstić information content (AvgIpc) is 2.45. The first-order valence-electron chi connectivity index (χ1n) is 6.35. The zero-order valence-corrected chi connectivity index (χ0v) is 20.4. The number of carbonyl (C=O) groups excluding carboxylic acids is 3. The molecular formula is C15H21Br3FeO6. The SMILES string of the molecule is CC(=O)C(Br)=C(C)O.CC(=O)C(Br)=C(C)O.CC(=O)C(Br)=C(C)O.[Fe]. The van der Waals surface area contributed by atoms with Gasteiger partial charge >= 0.3 is 0 Å².